The maximum absolute atomic E-state index is 13.3. The lowest BCUT2D eigenvalue weighted by atomic mass is 10.2. The fourth-order valence-corrected chi connectivity index (χ4v) is 1.13. The number of likely N-dealkylation sites (N-methyl/N-ethyl adjacent to an activating group) is 1. The quantitative estimate of drug-likeness (QED) is 0.591. The molecule has 0 aromatic heterocycles. The van der Waals surface area contributed by atoms with Crippen LogP contribution in [0.1, 0.15) is 0 Å². The molecule has 0 aliphatic carbocycles. The summed E-state index contributed by atoms with van der Waals surface area (Å²) in [6.07, 6.45) is 0. The second-order valence-corrected chi connectivity index (χ2v) is 2.97. The monoisotopic (exact) mass is 227 g/mol. The number of anilines is 1. The Balaban J connectivity index is 3.01. The third-order valence-electron chi connectivity index (χ3n) is 1.79. The predicted molar refractivity (Wildman–Crippen MR) is 55.6 cm³/mol. The van der Waals surface area contributed by atoms with Gasteiger partial charge in [0.15, 0.2) is 11.5 Å². The molecule has 0 bridgehead atoms. The van der Waals surface area contributed by atoms with Gasteiger partial charge in [-0.15, -0.1) is 0 Å². The lowest BCUT2D eigenvalue weighted by Gasteiger charge is -2.06. The van der Waals surface area contributed by atoms with Crippen molar-refractivity contribution in [1.29, 1.82) is 0 Å². The molecule has 0 radical (unpaired) electrons. The number of nitrogens with one attached hydrogen (secondary N) is 2. The van der Waals surface area contributed by atoms with Crippen molar-refractivity contribution in [3.8, 4) is 0 Å². The normalized spacial score (nSPS) is 9.88. The summed E-state index contributed by atoms with van der Waals surface area (Å²) < 4.78 is 13.3. The van der Waals surface area contributed by atoms with E-state index >= 15 is 0 Å². The summed E-state index contributed by atoms with van der Waals surface area (Å²) in [5, 5.41) is 15.3. The predicted octanol–water partition coefficient (Wildman–Crippen LogP) is 0.892. The molecule has 0 unspecified atom stereocenters. The van der Waals surface area contributed by atoms with E-state index in [1.165, 1.54) is 13.1 Å². The highest BCUT2D eigenvalue weighted by Crippen LogP contribution is 2.26. The molecule has 0 aliphatic rings. The third kappa shape index (κ3) is 2.74. The van der Waals surface area contributed by atoms with Gasteiger partial charge in [-0.1, -0.05) is 6.07 Å². The Bertz CT molecular complexity index is 422. The van der Waals surface area contributed by atoms with E-state index < -0.39 is 28.0 Å². The summed E-state index contributed by atoms with van der Waals surface area (Å²) >= 11 is 0. The number of para-hydroxylation sites is 1. The van der Waals surface area contributed by atoms with Gasteiger partial charge in [0.1, 0.15) is 0 Å². The largest absolute Gasteiger partial charge is 0.317 e. The zero-order valence-electron chi connectivity index (χ0n) is 8.49. The minimum atomic E-state index is -0.835. The Hall–Kier alpha value is -2.02. The minimum absolute atomic E-state index is 0.0501. The van der Waals surface area contributed by atoms with Crippen LogP contribution in [0.15, 0.2) is 18.2 Å². The molecular weight excluding hydrogens is 217 g/mol. The van der Waals surface area contributed by atoms with Crippen LogP contribution >= 0.6 is 0 Å². The van der Waals surface area contributed by atoms with Gasteiger partial charge in [0.25, 0.3) is 5.69 Å². The third-order valence-corrected chi connectivity index (χ3v) is 1.79. The van der Waals surface area contributed by atoms with Crippen LogP contribution in [0.3, 0.4) is 0 Å². The van der Waals surface area contributed by atoms with Gasteiger partial charge in [-0.3, -0.25) is 14.9 Å². The van der Waals surface area contributed by atoms with E-state index in [0.29, 0.717) is 0 Å². The first kappa shape index (κ1) is 12.1. The van der Waals surface area contributed by atoms with Crippen molar-refractivity contribution in [2.24, 2.45) is 0 Å². The van der Waals surface area contributed by atoms with E-state index in [-0.39, 0.29) is 6.54 Å². The summed E-state index contributed by atoms with van der Waals surface area (Å²) in [6.45, 7) is -0.0501. The SMILES string of the molecule is CNCC(=O)Nc1c(F)cccc1[N+](=O)[O-]. The van der Waals surface area contributed by atoms with E-state index in [1.807, 2.05) is 0 Å². The van der Waals surface area contributed by atoms with Crippen molar-refractivity contribution in [2.75, 3.05) is 18.9 Å². The van der Waals surface area contributed by atoms with Crippen molar-refractivity contribution < 1.29 is 14.1 Å². The average molecular weight is 227 g/mol. The molecule has 86 valence electrons. The summed E-state index contributed by atoms with van der Waals surface area (Å²) in [5.41, 5.74) is -0.878. The lowest BCUT2D eigenvalue weighted by Crippen LogP contribution is -2.25. The fraction of sp³-hybridized carbons (Fsp3) is 0.222. The van der Waals surface area contributed by atoms with Gasteiger partial charge in [0.05, 0.1) is 11.5 Å². The molecule has 0 spiro atoms. The number of nitro groups is 1. The number of halogens is 1. The maximum atomic E-state index is 13.3. The van der Waals surface area contributed by atoms with Gasteiger partial charge >= 0.3 is 0 Å². The molecule has 7 heteroatoms. The van der Waals surface area contributed by atoms with E-state index in [1.54, 1.807) is 0 Å². The zero-order valence-corrected chi connectivity index (χ0v) is 8.49. The Morgan fingerprint density at radius 3 is 2.81 bits per heavy atom. The fourth-order valence-electron chi connectivity index (χ4n) is 1.13. The van der Waals surface area contributed by atoms with Crippen LogP contribution in [0.2, 0.25) is 0 Å². The minimum Gasteiger partial charge on any atom is -0.317 e. The van der Waals surface area contributed by atoms with Crippen LogP contribution in [0, 0.1) is 15.9 Å². The summed E-state index contributed by atoms with van der Waals surface area (Å²) in [5.74, 6) is -1.38. The highest BCUT2D eigenvalue weighted by molar-refractivity contribution is 5.94. The summed E-state index contributed by atoms with van der Waals surface area (Å²) in [4.78, 5) is 21.0. The van der Waals surface area contributed by atoms with E-state index in [4.69, 9.17) is 0 Å². The number of amides is 1. The molecule has 0 aliphatic heterocycles. The van der Waals surface area contributed by atoms with Crippen LogP contribution in [-0.4, -0.2) is 24.4 Å². The molecule has 0 saturated heterocycles. The molecule has 0 atom stereocenters. The standard InChI is InChI=1S/C9H10FN3O3/c1-11-5-8(14)12-9-6(10)3-2-4-7(9)13(15)16/h2-4,11H,5H2,1H3,(H,12,14). The molecular formula is C9H10FN3O3. The van der Waals surface area contributed by atoms with Crippen molar-refractivity contribution in [1.82, 2.24) is 5.32 Å². The smallest absolute Gasteiger partial charge is 0.295 e. The van der Waals surface area contributed by atoms with Crippen LogP contribution in [0.5, 0.6) is 0 Å². The van der Waals surface area contributed by atoms with E-state index in [0.717, 1.165) is 12.1 Å². The second-order valence-electron chi connectivity index (χ2n) is 2.97. The zero-order chi connectivity index (χ0) is 12.1. The van der Waals surface area contributed by atoms with Crippen LogP contribution in [0.4, 0.5) is 15.8 Å². The Morgan fingerprint density at radius 2 is 2.25 bits per heavy atom. The highest BCUT2D eigenvalue weighted by Gasteiger charge is 2.19. The number of hydrogen-bond acceptors (Lipinski definition) is 4. The molecule has 1 aromatic carbocycles. The number of carbonyl (C=O) groups is 1. The number of nitrogens with zero attached hydrogens (tertiary/aromatic N) is 1. The highest BCUT2D eigenvalue weighted by atomic mass is 19.1. The molecule has 2 N–H and O–H groups in total. The number of nitro benzene ring substituents is 1. The number of benzene rings is 1. The Labute approximate surface area is 90.6 Å². The summed E-state index contributed by atoms with van der Waals surface area (Å²) in [6, 6.07) is 3.38. The molecule has 0 saturated carbocycles. The Kier molecular flexibility index (Phi) is 3.90. The lowest BCUT2D eigenvalue weighted by molar-refractivity contribution is -0.384. The molecule has 6 nitrogen and oxygen atoms in total. The summed E-state index contributed by atoms with van der Waals surface area (Å²) in [7, 11) is 1.54. The van der Waals surface area contributed by atoms with Crippen molar-refractivity contribution in [2.45, 2.75) is 0 Å². The topological polar surface area (TPSA) is 84.3 Å². The molecule has 0 heterocycles. The first-order valence-corrected chi connectivity index (χ1v) is 4.43. The van der Waals surface area contributed by atoms with Gasteiger partial charge in [0.2, 0.25) is 5.91 Å². The van der Waals surface area contributed by atoms with Crippen molar-refractivity contribution in [3.05, 3.63) is 34.1 Å². The Morgan fingerprint density at radius 1 is 1.56 bits per heavy atom. The first-order valence-electron chi connectivity index (χ1n) is 4.43. The van der Waals surface area contributed by atoms with Crippen molar-refractivity contribution in [3.63, 3.8) is 0 Å². The van der Waals surface area contributed by atoms with Gasteiger partial charge < -0.3 is 10.6 Å². The van der Waals surface area contributed by atoms with Gasteiger partial charge in [-0.25, -0.2) is 4.39 Å². The first-order chi connectivity index (χ1) is 7.56. The second kappa shape index (κ2) is 5.17. The maximum Gasteiger partial charge on any atom is 0.295 e. The van der Waals surface area contributed by atoms with Crippen molar-refractivity contribution >= 4 is 17.3 Å². The number of carbonyl (C=O) groups excluding carboxylic acids is 1. The van der Waals surface area contributed by atoms with E-state index in [2.05, 4.69) is 10.6 Å². The molecule has 0 fully saturated rings. The van der Waals surface area contributed by atoms with Gasteiger partial charge in [0, 0.05) is 6.07 Å². The molecule has 1 amide bonds. The average Bonchev–Trinajstić information content (AvgIpc) is 2.21. The number of rotatable bonds is 4. The molecule has 1 aromatic rings. The molecule has 16 heavy (non-hydrogen) atoms. The van der Waals surface area contributed by atoms with Gasteiger partial charge in [-0.05, 0) is 13.1 Å². The van der Waals surface area contributed by atoms with Crippen LogP contribution < -0.4 is 10.6 Å². The van der Waals surface area contributed by atoms with Crippen LogP contribution in [0.25, 0.3) is 0 Å². The van der Waals surface area contributed by atoms with Gasteiger partial charge in [-0.2, -0.15) is 0 Å². The molecule has 1 rings (SSSR count). The van der Waals surface area contributed by atoms with Crippen LogP contribution in [-0.2, 0) is 4.79 Å². The number of hydrogen-bond donors (Lipinski definition) is 2. The van der Waals surface area contributed by atoms with E-state index in [9.17, 15) is 19.3 Å².